The number of hydrogen-bond donors (Lipinski definition) is 2. The minimum Gasteiger partial charge on any atom is -0.344 e. The first kappa shape index (κ1) is 17.2. The first-order valence-corrected chi connectivity index (χ1v) is 8.02. The molecule has 0 spiro atoms. The van der Waals surface area contributed by atoms with E-state index in [1.165, 1.54) is 6.42 Å². The largest absolute Gasteiger partial charge is 0.344 e. The summed E-state index contributed by atoms with van der Waals surface area (Å²) in [6.07, 6.45) is 8.40. The van der Waals surface area contributed by atoms with Crippen LogP contribution >= 0.6 is 12.4 Å². The molecule has 3 N–H and O–H groups in total. The van der Waals surface area contributed by atoms with E-state index in [-0.39, 0.29) is 30.3 Å². The summed E-state index contributed by atoms with van der Waals surface area (Å²) in [6.45, 7) is 1.88. The predicted octanol–water partition coefficient (Wildman–Crippen LogP) is 2.59. The van der Waals surface area contributed by atoms with Crippen LogP contribution in [0.5, 0.6) is 0 Å². The van der Waals surface area contributed by atoms with Gasteiger partial charge in [0, 0.05) is 5.92 Å². The number of amides is 1. The molecule has 0 bridgehead atoms. The van der Waals surface area contributed by atoms with Crippen LogP contribution in [0.25, 0.3) is 0 Å². The van der Waals surface area contributed by atoms with Crippen LogP contribution in [0.4, 0.5) is 0 Å². The van der Waals surface area contributed by atoms with Crippen LogP contribution in [0.15, 0.2) is 4.52 Å². The van der Waals surface area contributed by atoms with Gasteiger partial charge in [-0.25, -0.2) is 0 Å². The number of halogens is 1. The van der Waals surface area contributed by atoms with Crippen LogP contribution in [0.1, 0.15) is 76.0 Å². The highest BCUT2D eigenvalue weighted by atomic mass is 35.5. The van der Waals surface area contributed by atoms with Crippen LogP contribution in [-0.2, 0) is 10.3 Å². The standard InChI is InChI=1S/C15H24N4O2.ClH/c1-10(17-12(20)11-6-3-2-4-7-11)13-18-14(19-21-13)15(16)8-5-9-15;/h10-11H,2-9,16H2,1H3,(H,17,20);1H/t10-;/m0./s1. The van der Waals surface area contributed by atoms with Gasteiger partial charge in [-0.2, -0.15) is 4.98 Å². The summed E-state index contributed by atoms with van der Waals surface area (Å²) in [5.41, 5.74) is 5.76. The van der Waals surface area contributed by atoms with Crippen molar-refractivity contribution in [3.8, 4) is 0 Å². The van der Waals surface area contributed by atoms with E-state index >= 15 is 0 Å². The molecule has 0 saturated heterocycles. The molecule has 7 heteroatoms. The number of nitrogens with zero attached hydrogens (tertiary/aromatic N) is 2. The molecule has 0 aliphatic heterocycles. The van der Waals surface area contributed by atoms with E-state index in [0.29, 0.717) is 11.7 Å². The number of rotatable bonds is 4. The third-order valence-electron chi connectivity index (χ3n) is 4.84. The molecule has 2 fully saturated rings. The summed E-state index contributed by atoms with van der Waals surface area (Å²) in [5.74, 6) is 1.26. The highest BCUT2D eigenvalue weighted by Gasteiger charge is 2.39. The lowest BCUT2D eigenvalue weighted by molar-refractivity contribution is -0.126. The third kappa shape index (κ3) is 3.43. The molecule has 22 heavy (non-hydrogen) atoms. The van der Waals surface area contributed by atoms with Gasteiger partial charge in [-0.3, -0.25) is 4.79 Å². The highest BCUT2D eigenvalue weighted by molar-refractivity contribution is 5.85. The zero-order valence-electron chi connectivity index (χ0n) is 13.0. The molecule has 1 heterocycles. The Balaban J connectivity index is 0.00000176. The number of aromatic nitrogens is 2. The summed E-state index contributed by atoms with van der Waals surface area (Å²) < 4.78 is 5.28. The van der Waals surface area contributed by atoms with Crippen molar-refractivity contribution in [2.45, 2.75) is 69.9 Å². The Kier molecular flexibility index (Phi) is 5.45. The number of nitrogens with one attached hydrogen (secondary N) is 1. The van der Waals surface area contributed by atoms with E-state index in [0.717, 1.165) is 44.9 Å². The minimum absolute atomic E-state index is 0. The molecule has 1 atom stereocenters. The monoisotopic (exact) mass is 328 g/mol. The van der Waals surface area contributed by atoms with E-state index < -0.39 is 5.54 Å². The average Bonchev–Trinajstić information content (AvgIpc) is 2.96. The van der Waals surface area contributed by atoms with Gasteiger partial charge < -0.3 is 15.6 Å². The van der Waals surface area contributed by atoms with Crippen LogP contribution in [0, 0.1) is 5.92 Å². The summed E-state index contributed by atoms with van der Waals surface area (Å²) in [4.78, 5) is 16.6. The zero-order valence-corrected chi connectivity index (χ0v) is 13.8. The zero-order chi connectivity index (χ0) is 14.9. The van der Waals surface area contributed by atoms with Gasteiger partial charge in [0.05, 0.1) is 5.54 Å². The summed E-state index contributed by atoms with van der Waals surface area (Å²) in [7, 11) is 0. The van der Waals surface area contributed by atoms with Gasteiger partial charge in [0.2, 0.25) is 11.8 Å². The molecule has 0 aromatic carbocycles. The Hall–Kier alpha value is -1.14. The van der Waals surface area contributed by atoms with E-state index in [1.807, 2.05) is 6.92 Å². The summed E-state index contributed by atoms with van der Waals surface area (Å²) >= 11 is 0. The first-order chi connectivity index (χ1) is 10.1. The van der Waals surface area contributed by atoms with Crippen molar-refractivity contribution in [3.63, 3.8) is 0 Å². The smallest absolute Gasteiger partial charge is 0.248 e. The molecule has 124 valence electrons. The molecular formula is C15H25ClN4O2. The van der Waals surface area contributed by atoms with Gasteiger partial charge in [-0.05, 0) is 39.0 Å². The topological polar surface area (TPSA) is 94.0 Å². The van der Waals surface area contributed by atoms with Crippen LogP contribution in [0.3, 0.4) is 0 Å². The second-order valence-corrected chi connectivity index (χ2v) is 6.53. The molecule has 3 rings (SSSR count). The van der Waals surface area contributed by atoms with E-state index in [2.05, 4.69) is 15.5 Å². The fourth-order valence-corrected chi connectivity index (χ4v) is 3.15. The van der Waals surface area contributed by atoms with Gasteiger partial charge >= 0.3 is 0 Å². The second-order valence-electron chi connectivity index (χ2n) is 6.53. The summed E-state index contributed by atoms with van der Waals surface area (Å²) in [6, 6.07) is -0.260. The molecule has 0 unspecified atom stereocenters. The maximum atomic E-state index is 12.2. The molecular weight excluding hydrogens is 304 g/mol. The van der Waals surface area contributed by atoms with Crippen molar-refractivity contribution >= 4 is 18.3 Å². The molecule has 6 nitrogen and oxygen atoms in total. The maximum absolute atomic E-state index is 12.2. The summed E-state index contributed by atoms with van der Waals surface area (Å²) in [5, 5.41) is 6.98. The second kappa shape index (κ2) is 6.96. The fraction of sp³-hybridized carbons (Fsp3) is 0.800. The molecule has 1 aromatic heterocycles. The predicted molar refractivity (Wildman–Crippen MR) is 84.4 cm³/mol. The lowest BCUT2D eigenvalue weighted by atomic mass is 9.77. The maximum Gasteiger partial charge on any atom is 0.248 e. The van der Waals surface area contributed by atoms with Crippen molar-refractivity contribution in [1.82, 2.24) is 15.5 Å². The molecule has 1 amide bonds. The first-order valence-electron chi connectivity index (χ1n) is 8.02. The molecule has 0 radical (unpaired) electrons. The third-order valence-corrected chi connectivity index (χ3v) is 4.84. The fourth-order valence-electron chi connectivity index (χ4n) is 3.15. The van der Waals surface area contributed by atoms with Gasteiger partial charge in [-0.15, -0.1) is 12.4 Å². The van der Waals surface area contributed by atoms with Crippen molar-refractivity contribution in [3.05, 3.63) is 11.7 Å². The van der Waals surface area contributed by atoms with Crippen LogP contribution in [0.2, 0.25) is 0 Å². The lowest BCUT2D eigenvalue weighted by Crippen LogP contribution is -2.44. The quantitative estimate of drug-likeness (QED) is 0.886. The van der Waals surface area contributed by atoms with Crippen LogP contribution < -0.4 is 11.1 Å². The molecule has 1 aromatic rings. The number of carbonyl (C=O) groups is 1. The van der Waals surface area contributed by atoms with Crippen LogP contribution in [-0.4, -0.2) is 16.0 Å². The normalized spacial score (nSPS) is 22.3. The van der Waals surface area contributed by atoms with E-state index in [9.17, 15) is 4.79 Å². The van der Waals surface area contributed by atoms with E-state index in [1.54, 1.807) is 0 Å². The highest BCUT2D eigenvalue weighted by Crippen LogP contribution is 2.37. The van der Waals surface area contributed by atoms with Gasteiger partial charge in [0.25, 0.3) is 0 Å². The number of nitrogens with two attached hydrogens (primary N) is 1. The Morgan fingerprint density at radius 2 is 2.00 bits per heavy atom. The Morgan fingerprint density at radius 1 is 1.32 bits per heavy atom. The average molecular weight is 329 g/mol. The van der Waals surface area contributed by atoms with Crippen molar-refractivity contribution in [1.29, 1.82) is 0 Å². The molecule has 2 aliphatic carbocycles. The van der Waals surface area contributed by atoms with Gasteiger partial charge in [-0.1, -0.05) is 24.4 Å². The van der Waals surface area contributed by atoms with Crippen molar-refractivity contribution < 1.29 is 9.32 Å². The number of carbonyl (C=O) groups excluding carboxylic acids is 1. The van der Waals surface area contributed by atoms with Gasteiger partial charge in [0.1, 0.15) is 6.04 Å². The minimum atomic E-state index is -0.422. The molecule has 2 saturated carbocycles. The Bertz CT molecular complexity index is 509. The Labute approximate surface area is 137 Å². The van der Waals surface area contributed by atoms with Gasteiger partial charge in [0.15, 0.2) is 5.82 Å². The SMILES string of the molecule is C[C@H](NC(=O)C1CCCCC1)c1nc(C2(N)CCC2)no1.Cl. The lowest BCUT2D eigenvalue weighted by Gasteiger charge is -2.34. The van der Waals surface area contributed by atoms with E-state index in [4.69, 9.17) is 10.3 Å². The van der Waals surface area contributed by atoms with Crippen molar-refractivity contribution in [2.24, 2.45) is 11.7 Å². The van der Waals surface area contributed by atoms with Crippen molar-refractivity contribution in [2.75, 3.05) is 0 Å². The molecule has 2 aliphatic rings. The Morgan fingerprint density at radius 3 is 2.59 bits per heavy atom. The number of hydrogen-bond acceptors (Lipinski definition) is 5.